The van der Waals surface area contributed by atoms with Gasteiger partial charge in [0.1, 0.15) is 0 Å². The van der Waals surface area contributed by atoms with E-state index in [1.165, 1.54) is 0 Å². The lowest BCUT2D eigenvalue weighted by atomic mass is 9.79. The van der Waals surface area contributed by atoms with Gasteiger partial charge < -0.3 is 19.5 Å². The van der Waals surface area contributed by atoms with Gasteiger partial charge in [-0.25, -0.2) is 10.3 Å². The van der Waals surface area contributed by atoms with Crippen LogP contribution in [0.15, 0.2) is 78.9 Å². The van der Waals surface area contributed by atoms with Gasteiger partial charge in [-0.05, 0) is 75.0 Å². The third kappa shape index (κ3) is 7.97. The predicted molar refractivity (Wildman–Crippen MR) is 162 cm³/mol. The first-order valence-electron chi connectivity index (χ1n) is 14.1. The molecule has 0 atom stereocenters. The summed E-state index contributed by atoms with van der Waals surface area (Å²) in [6, 6.07) is 24.2. The molecule has 0 aliphatic carbocycles. The largest absolute Gasteiger partial charge is 0.494 e. The van der Waals surface area contributed by atoms with Gasteiger partial charge in [-0.3, -0.25) is 9.63 Å². The second-order valence-electron chi connectivity index (χ2n) is 11.3. The summed E-state index contributed by atoms with van der Waals surface area (Å²) >= 11 is 0. The van der Waals surface area contributed by atoms with Crippen LogP contribution in [0.1, 0.15) is 68.9 Å². The van der Waals surface area contributed by atoms with Crippen LogP contribution in [0.25, 0.3) is 0 Å². The number of hydroxylamine groups is 1. The summed E-state index contributed by atoms with van der Waals surface area (Å²) in [6.45, 7) is 11.5. The lowest BCUT2D eigenvalue weighted by Crippen LogP contribution is -2.41. The summed E-state index contributed by atoms with van der Waals surface area (Å²) in [5.74, 6) is -0.338. The van der Waals surface area contributed by atoms with Crippen LogP contribution in [0.3, 0.4) is 0 Å². The number of rotatable bonds is 11. The number of hydrogen-bond donors (Lipinski definition) is 2. The molecule has 0 saturated carbocycles. The van der Waals surface area contributed by atoms with Crippen molar-refractivity contribution in [1.82, 2.24) is 10.4 Å². The molecule has 1 aliphatic heterocycles. The fourth-order valence-corrected chi connectivity index (χ4v) is 4.30. The fraction of sp³-hybridized carbons (Fsp3) is 0.375. The van der Waals surface area contributed by atoms with E-state index in [0.717, 1.165) is 35.1 Å². The molecule has 41 heavy (non-hydrogen) atoms. The summed E-state index contributed by atoms with van der Waals surface area (Å²) < 4.78 is 12.2. The number of carbonyl (C=O) groups excluding carboxylic acids is 2. The van der Waals surface area contributed by atoms with Crippen molar-refractivity contribution in [2.75, 3.05) is 11.9 Å². The molecule has 0 unspecified atom stereocenters. The molecule has 9 heteroatoms. The Labute approximate surface area is 243 Å². The quantitative estimate of drug-likeness (QED) is 0.234. The molecule has 0 spiro atoms. The molecule has 3 aromatic carbocycles. The Morgan fingerprint density at radius 1 is 0.854 bits per heavy atom. The SMILES string of the molecule is CCCCN(Cc1ccc(C(=O)NOCc2ccc(B3OC(C)(C)C(C)(C)O3)cc2)cc1)C(=O)Nc1ccccc1. The molecule has 1 aliphatic rings. The van der Waals surface area contributed by atoms with Crippen LogP contribution in [0, 0.1) is 0 Å². The minimum atomic E-state index is -0.422. The number of carbonyl (C=O) groups is 2. The molecule has 1 fully saturated rings. The van der Waals surface area contributed by atoms with Crippen molar-refractivity contribution >= 4 is 30.2 Å². The maximum atomic E-state index is 12.9. The van der Waals surface area contributed by atoms with Crippen molar-refractivity contribution in [2.45, 2.75) is 71.8 Å². The van der Waals surface area contributed by atoms with Crippen LogP contribution in [0.4, 0.5) is 10.5 Å². The molecule has 0 bridgehead atoms. The summed E-state index contributed by atoms with van der Waals surface area (Å²) in [7, 11) is -0.422. The summed E-state index contributed by atoms with van der Waals surface area (Å²) in [6.07, 6.45) is 1.89. The van der Waals surface area contributed by atoms with E-state index in [4.69, 9.17) is 14.1 Å². The molecular formula is C32H40BN3O5. The maximum absolute atomic E-state index is 12.9. The normalized spacial score (nSPS) is 15.4. The first-order chi connectivity index (χ1) is 19.6. The van der Waals surface area contributed by atoms with Gasteiger partial charge in [0, 0.05) is 24.3 Å². The second kappa shape index (κ2) is 13.3. The monoisotopic (exact) mass is 557 g/mol. The van der Waals surface area contributed by atoms with Crippen LogP contribution in [0.5, 0.6) is 0 Å². The van der Waals surface area contributed by atoms with Gasteiger partial charge in [0.25, 0.3) is 5.91 Å². The average molecular weight is 558 g/mol. The minimum Gasteiger partial charge on any atom is -0.399 e. The molecule has 0 radical (unpaired) electrons. The molecule has 1 heterocycles. The van der Waals surface area contributed by atoms with Crippen molar-refractivity contribution in [1.29, 1.82) is 0 Å². The number of urea groups is 1. The number of benzene rings is 3. The van der Waals surface area contributed by atoms with Crippen molar-refractivity contribution in [3.05, 3.63) is 95.6 Å². The molecule has 8 nitrogen and oxygen atoms in total. The third-order valence-corrected chi connectivity index (χ3v) is 7.59. The van der Waals surface area contributed by atoms with Crippen molar-refractivity contribution < 1.29 is 23.7 Å². The van der Waals surface area contributed by atoms with Crippen molar-refractivity contribution in [3.8, 4) is 0 Å². The van der Waals surface area contributed by atoms with Crippen LogP contribution >= 0.6 is 0 Å². The number of nitrogens with one attached hydrogen (secondary N) is 2. The van der Waals surface area contributed by atoms with E-state index in [9.17, 15) is 9.59 Å². The zero-order valence-corrected chi connectivity index (χ0v) is 24.6. The minimum absolute atomic E-state index is 0.149. The highest BCUT2D eigenvalue weighted by atomic mass is 16.7. The van der Waals surface area contributed by atoms with Gasteiger partial charge in [-0.2, -0.15) is 0 Å². The number of amides is 3. The highest BCUT2D eigenvalue weighted by molar-refractivity contribution is 6.62. The number of hydrogen-bond acceptors (Lipinski definition) is 5. The third-order valence-electron chi connectivity index (χ3n) is 7.59. The van der Waals surface area contributed by atoms with E-state index in [-0.39, 0.29) is 18.5 Å². The Hall–Kier alpha value is -3.66. The van der Waals surface area contributed by atoms with E-state index in [1.54, 1.807) is 17.0 Å². The van der Waals surface area contributed by atoms with Crippen LogP contribution in [0.2, 0.25) is 0 Å². The van der Waals surface area contributed by atoms with E-state index in [0.29, 0.717) is 18.7 Å². The van der Waals surface area contributed by atoms with E-state index in [1.807, 2.05) is 94.4 Å². The standard InChI is InChI=1S/C32H40BN3O5/c1-6-7-21-36(30(38)34-28-11-9-8-10-12-28)22-24-13-17-26(18-14-24)29(37)35-39-23-25-15-19-27(20-16-25)33-40-31(2,3)32(4,5)41-33/h8-20H,6-7,21-23H2,1-5H3,(H,34,38)(H,35,37). The number of anilines is 1. The van der Waals surface area contributed by atoms with Crippen LogP contribution in [-0.4, -0.2) is 41.7 Å². The van der Waals surface area contributed by atoms with Gasteiger partial charge in [0.2, 0.25) is 0 Å². The van der Waals surface area contributed by atoms with Crippen molar-refractivity contribution in [2.24, 2.45) is 0 Å². The van der Waals surface area contributed by atoms with E-state index >= 15 is 0 Å². The van der Waals surface area contributed by atoms with Gasteiger partial charge in [0.15, 0.2) is 0 Å². The van der Waals surface area contributed by atoms with Crippen LogP contribution in [-0.2, 0) is 27.3 Å². The molecule has 3 aromatic rings. The smallest absolute Gasteiger partial charge is 0.399 e. The van der Waals surface area contributed by atoms with Gasteiger partial charge >= 0.3 is 13.1 Å². The Morgan fingerprint density at radius 3 is 2.07 bits per heavy atom. The first kappa shape index (κ1) is 30.3. The summed E-state index contributed by atoms with van der Waals surface area (Å²) in [5, 5.41) is 2.95. The Bertz CT molecular complexity index is 1280. The van der Waals surface area contributed by atoms with Gasteiger partial charge in [-0.15, -0.1) is 0 Å². The summed E-state index contributed by atoms with van der Waals surface area (Å²) in [4.78, 5) is 32.8. The number of nitrogens with zero attached hydrogens (tertiary/aromatic N) is 1. The average Bonchev–Trinajstić information content (AvgIpc) is 3.18. The second-order valence-corrected chi connectivity index (χ2v) is 11.3. The molecule has 2 N–H and O–H groups in total. The van der Waals surface area contributed by atoms with Crippen molar-refractivity contribution in [3.63, 3.8) is 0 Å². The lowest BCUT2D eigenvalue weighted by molar-refractivity contribution is 0.00578. The number of unbranched alkanes of at least 4 members (excludes halogenated alkanes) is 1. The topological polar surface area (TPSA) is 89.1 Å². The predicted octanol–water partition coefficient (Wildman–Crippen LogP) is 5.68. The zero-order valence-electron chi connectivity index (χ0n) is 24.6. The summed E-state index contributed by atoms with van der Waals surface area (Å²) in [5.41, 5.74) is 5.72. The fourth-order valence-electron chi connectivity index (χ4n) is 4.30. The number of para-hydroxylation sites is 1. The van der Waals surface area contributed by atoms with Gasteiger partial charge in [-0.1, -0.05) is 67.9 Å². The van der Waals surface area contributed by atoms with Crippen LogP contribution < -0.4 is 16.3 Å². The first-order valence-corrected chi connectivity index (χ1v) is 14.1. The van der Waals surface area contributed by atoms with Gasteiger partial charge in [0.05, 0.1) is 17.8 Å². The Morgan fingerprint density at radius 2 is 1.46 bits per heavy atom. The lowest BCUT2D eigenvalue weighted by Gasteiger charge is -2.32. The molecule has 0 aromatic heterocycles. The Balaban J connectivity index is 1.26. The van der Waals surface area contributed by atoms with E-state index < -0.39 is 18.3 Å². The maximum Gasteiger partial charge on any atom is 0.494 e. The molecule has 3 amide bonds. The molecule has 4 rings (SSSR count). The molecule has 216 valence electrons. The molecule has 1 saturated heterocycles. The highest BCUT2D eigenvalue weighted by Crippen LogP contribution is 2.36. The highest BCUT2D eigenvalue weighted by Gasteiger charge is 2.51. The van der Waals surface area contributed by atoms with E-state index in [2.05, 4.69) is 17.7 Å². The Kier molecular flexibility index (Phi) is 9.86. The molecular weight excluding hydrogens is 517 g/mol. The zero-order chi connectivity index (χ0) is 29.5.